The molecule has 8 heteroatoms. The van der Waals surface area contributed by atoms with E-state index < -0.39 is 0 Å². The van der Waals surface area contributed by atoms with E-state index in [1.807, 2.05) is 19.1 Å². The molecule has 3 N–H and O–H groups in total. The summed E-state index contributed by atoms with van der Waals surface area (Å²) in [6, 6.07) is 14.3. The van der Waals surface area contributed by atoms with Gasteiger partial charge in [-0.3, -0.25) is 19.7 Å². The van der Waals surface area contributed by atoms with Gasteiger partial charge in [-0.1, -0.05) is 23.8 Å². The number of benzene rings is 2. The van der Waals surface area contributed by atoms with E-state index in [0.29, 0.717) is 28.5 Å². The number of anilines is 3. The molecule has 1 heterocycles. The van der Waals surface area contributed by atoms with Gasteiger partial charge in [-0.2, -0.15) is 0 Å². The maximum atomic E-state index is 12.9. The fraction of sp³-hybridized carbons (Fsp3) is 0.217. The van der Waals surface area contributed by atoms with Crippen LogP contribution >= 0.6 is 11.3 Å². The van der Waals surface area contributed by atoms with E-state index in [4.69, 9.17) is 0 Å². The number of carbonyl (C=O) groups excluding carboxylic acids is 3. The zero-order valence-electron chi connectivity index (χ0n) is 17.2. The second-order valence-corrected chi connectivity index (χ2v) is 8.57. The highest BCUT2D eigenvalue weighted by molar-refractivity contribution is 7.16. The number of aryl methyl sites for hydroxylation is 2. The lowest BCUT2D eigenvalue weighted by atomic mass is 10.1. The SMILES string of the molecule is CC(=O)Nc1cccc(NC(=O)C2CCc3sc(NC(=O)c4ccc(C)cc4)nc32)c1. The summed E-state index contributed by atoms with van der Waals surface area (Å²) in [7, 11) is 0. The highest BCUT2D eigenvalue weighted by Crippen LogP contribution is 2.39. The average Bonchev–Trinajstić information content (AvgIpc) is 3.28. The first kappa shape index (κ1) is 20.7. The number of fused-ring (bicyclic) bond motifs is 1. The molecular formula is C23H22N4O3S. The van der Waals surface area contributed by atoms with Crippen molar-refractivity contribution in [3.63, 3.8) is 0 Å². The molecule has 1 atom stereocenters. The molecule has 0 saturated carbocycles. The predicted molar refractivity (Wildman–Crippen MR) is 122 cm³/mol. The number of carbonyl (C=O) groups is 3. The molecular weight excluding hydrogens is 412 g/mol. The lowest BCUT2D eigenvalue weighted by Crippen LogP contribution is -2.20. The number of nitrogens with one attached hydrogen (secondary N) is 3. The molecule has 1 aliphatic rings. The van der Waals surface area contributed by atoms with Crippen LogP contribution in [0.1, 0.15) is 45.8 Å². The van der Waals surface area contributed by atoms with Crippen LogP contribution in [0.15, 0.2) is 48.5 Å². The second kappa shape index (κ2) is 8.69. The van der Waals surface area contributed by atoms with Crippen molar-refractivity contribution < 1.29 is 14.4 Å². The summed E-state index contributed by atoms with van der Waals surface area (Å²) in [5.74, 6) is -0.920. The van der Waals surface area contributed by atoms with E-state index >= 15 is 0 Å². The van der Waals surface area contributed by atoms with Gasteiger partial charge in [-0.05, 0) is 50.1 Å². The molecule has 31 heavy (non-hydrogen) atoms. The molecule has 1 aromatic heterocycles. The van der Waals surface area contributed by atoms with Gasteiger partial charge >= 0.3 is 0 Å². The number of nitrogens with zero attached hydrogens (tertiary/aromatic N) is 1. The zero-order chi connectivity index (χ0) is 22.0. The minimum Gasteiger partial charge on any atom is -0.326 e. The first-order valence-electron chi connectivity index (χ1n) is 9.95. The molecule has 7 nitrogen and oxygen atoms in total. The molecule has 158 valence electrons. The van der Waals surface area contributed by atoms with Crippen molar-refractivity contribution in [1.29, 1.82) is 0 Å². The van der Waals surface area contributed by atoms with E-state index in [-0.39, 0.29) is 23.6 Å². The van der Waals surface area contributed by atoms with Crippen LogP contribution < -0.4 is 16.0 Å². The molecule has 0 saturated heterocycles. The number of amides is 3. The summed E-state index contributed by atoms with van der Waals surface area (Å²) in [6.45, 7) is 3.40. The third-order valence-electron chi connectivity index (χ3n) is 5.02. The highest BCUT2D eigenvalue weighted by Gasteiger charge is 2.33. The van der Waals surface area contributed by atoms with Crippen LogP contribution in [-0.4, -0.2) is 22.7 Å². The monoisotopic (exact) mass is 434 g/mol. The fourth-order valence-electron chi connectivity index (χ4n) is 3.52. The lowest BCUT2D eigenvalue weighted by Gasteiger charge is -2.12. The van der Waals surface area contributed by atoms with Crippen molar-refractivity contribution in [2.24, 2.45) is 0 Å². The third kappa shape index (κ3) is 4.80. The Kier molecular flexibility index (Phi) is 5.81. The summed E-state index contributed by atoms with van der Waals surface area (Å²) in [6.07, 6.45) is 1.43. The van der Waals surface area contributed by atoms with E-state index in [2.05, 4.69) is 20.9 Å². The summed E-state index contributed by atoms with van der Waals surface area (Å²) in [5, 5.41) is 8.95. The largest absolute Gasteiger partial charge is 0.326 e. The molecule has 1 unspecified atom stereocenters. The van der Waals surface area contributed by atoms with Crippen molar-refractivity contribution in [1.82, 2.24) is 4.98 Å². The summed E-state index contributed by atoms with van der Waals surface area (Å²) < 4.78 is 0. The number of aromatic nitrogens is 1. The molecule has 1 aliphatic carbocycles. The molecule has 0 spiro atoms. The van der Waals surface area contributed by atoms with Crippen LogP contribution in [0, 0.1) is 6.92 Å². The average molecular weight is 435 g/mol. The van der Waals surface area contributed by atoms with Gasteiger partial charge in [0.1, 0.15) is 0 Å². The van der Waals surface area contributed by atoms with Gasteiger partial charge in [0.15, 0.2) is 5.13 Å². The standard InChI is InChI=1S/C23H22N4O3S/c1-13-6-8-15(9-7-13)21(29)27-23-26-20-18(10-11-19(20)31-23)22(30)25-17-5-3-4-16(12-17)24-14(2)28/h3-9,12,18H,10-11H2,1-2H3,(H,24,28)(H,25,30)(H,26,27,29). The van der Waals surface area contributed by atoms with Crippen molar-refractivity contribution in [2.45, 2.75) is 32.6 Å². The highest BCUT2D eigenvalue weighted by atomic mass is 32.1. The first-order chi connectivity index (χ1) is 14.9. The molecule has 2 aromatic carbocycles. The Morgan fingerprint density at radius 1 is 1.00 bits per heavy atom. The Morgan fingerprint density at radius 2 is 1.71 bits per heavy atom. The van der Waals surface area contributed by atoms with Gasteiger partial charge in [-0.25, -0.2) is 4.98 Å². The van der Waals surface area contributed by atoms with Gasteiger partial charge in [0, 0.05) is 28.7 Å². The molecule has 4 rings (SSSR count). The van der Waals surface area contributed by atoms with Crippen LogP contribution in [0.25, 0.3) is 0 Å². The van der Waals surface area contributed by atoms with Crippen molar-refractivity contribution in [3.8, 4) is 0 Å². The predicted octanol–water partition coefficient (Wildman–Crippen LogP) is 4.33. The maximum Gasteiger partial charge on any atom is 0.257 e. The van der Waals surface area contributed by atoms with E-state index in [1.54, 1.807) is 36.4 Å². The molecule has 0 bridgehead atoms. The minimum absolute atomic E-state index is 0.152. The van der Waals surface area contributed by atoms with Crippen molar-refractivity contribution >= 4 is 45.6 Å². The van der Waals surface area contributed by atoms with E-state index in [9.17, 15) is 14.4 Å². The summed E-state index contributed by atoms with van der Waals surface area (Å²) in [4.78, 5) is 42.1. The van der Waals surface area contributed by atoms with Crippen LogP contribution in [0.4, 0.5) is 16.5 Å². The third-order valence-corrected chi connectivity index (χ3v) is 6.07. The lowest BCUT2D eigenvalue weighted by molar-refractivity contribution is -0.117. The fourth-order valence-corrected chi connectivity index (χ4v) is 4.55. The quantitative estimate of drug-likeness (QED) is 0.556. The molecule has 3 aromatic rings. The Labute approximate surface area is 183 Å². The number of rotatable bonds is 5. The second-order valence-electron chi connectivity index (χ2n) is 7.49. The Morgan fingerprint density at radius 3 is 2.42 bits per heavy atom. The molecule has 0 radical (unpaired) electrons. The van der Waals surface area contributed by atoms with E-state index in [1.165, 1.54) is 18.3 Å². The Bertz CT molecular complexity index is 1150. The van der Waals surface area contributed by atoms with Crippen LogP contribution in [0.2, 0.25) is 0 Å². The zero-order valence-corrected chi connectivity index (χ0v) is 18.0. The van der Waals surface area contributed by atoms with Gasteiger partial charge in [0.05, 0.1) is 11.6 Å². The smallest absolute Gasteiger partial charge is 0.257 e. The molecule has 0 fully saturated rings. The van der Waals surface area contributed by atoms with Gasteiger partial charge in [0.2, 0.25) is 11.8 Å². The minimum atomic E-state index is -0.374. The number of hydrogen-bond acceptors (Lipinski definition) is 5. The van der Waals surface area contributed by atoms with Crippen molar-refractivity contribution in [2.75, 3.05) is 16.0 Å². The van der Waals surface area contributed by atoms with Crippen LogP contribution in [-0.2, 0) is 16.0 Å². The molecule has 3 amide bonds. The van der Waals surface area contributed by atoms with Crippen molar-refractivity contribution in [3.05, 3.63) is 70.2 Å². The van der Waals surface area contributed by atoms with Crippen LogP contribution in [0.5, 0.6) is 0 Å². The number of thiazole rings is 1. The van der Waals surface area contributed by atoms with Gasteiger partial charge in [0.25, 0.3) is 5.91 Å². The van der Waals surface area contributed by atoms with E-state index in [0.717, 1.165) is 22.6 Å². The Hall–Kier alpha value is -3.52. The number of hydrogen-bond donors (Lipinski definition) is 3. The normalized spacial score (nSPS) is 14.6. The van der Waals surface area contributed by atoms with Gasteiger partial charge in [-0.15, -0.1) is 11.3 Å². The topological polar surface area (TPSA) is 100 Å². The first-order valence-corrected chi connectivity index (χ1v) is 10.8. The summed E-state index contributed by atoms with van der Waals surface area (Å²) >= 11 is 1.41. The van der Waals surface area contributed by atoms with Gasteiger partial charge < -0.3 is 10.6 Å². The summed E-state index contributed by atoms with van der Waals surface area (Å²) in [5.41, 5.74) is 3.59. The molecule has 0 aliphatic heterocycles. The Balaban J connectivity index is 1.44. The maximum absolute atomic E-state index is 12.9. The van der Waals surface area contributed by atoms with Crippen LogP contribution in [0.3, 0.4) is 0 Å².